The number of anilines is 1. The first-order valence-corrected chi connectivity index (χ1v) is 9.97. The summed E-state index contributed by atoms with van der Waals surface area (Å²) >= 11 is 1.56. The van der Waals surface area contributed by atoms with Crippen molar-refractivity contribution in [3.05, 3.63) is 41.7 Å². The molecule has 0 aromatic heterocycles. The first-order valence-electron chi connectivity index (χ1n) is 8.82. The van der Waals surface area contributed by atoms with Gasteiger partial charge in [0.2, 0.25) is 11.8 Å². The number of hydrogen-bond donors (Lipinski definition) is 1. The Morgan fingerprint density at radius 3 is 2.65 bits per heavy atom. The van der Waals surface area contributed by atoms with Crippen LogP contribution in [-0.2, 0) is 9.59 Å². The lowest BCUT2D eigenvalue weighted by atomic mass is 10.1. The number of carbonyl (C=O) groups is 2. The van der Waals surface area contributed by atoms with Crippen molar-refractivity contribution < 1.29 is 14.0 Å². The van der Waals surface area contributed by atoms with Crippen LogP contribution in [-0.4, -0.2) is 34.4 Å². The van der Waals surface area contributed by atoms with Gasteiger partial charge in [0.05, 0.1) is 17.5 Å². The van der Waals surface area contributed by atoms with Crippen LogP contribution in [0.25, 0.3) is 0 Å². The molecule has 2 amide bonds. The van der Waals surface area contributed by atoms with Crippen LogP contribution in [0.15, 0.2) is 35.9 Å². The Labute approximate surface area is 158 Å². The Bertz CT molecular complexity index is 758. The number of hydrogen-bond acceptors (Lipinski definition) is 3. The molecule has 2 fully saturated rings. The Morgan fingerprint density at radius 1 is 1.31 bits per heavy atom. The zero-order valence-electron chi connectivity index (χ0n) is 15.6. The van der Waals surface area contributed by atoms with Crippen LogP contribution in [0, 0.1) is 23.1 Å². The lowest BCUT2D eigenvalue weighted by Gasteiger charge is -2.24. The van der Waals surface area contributed by atoms with Crippen molar-refractivity contribution in [3.63, 3.8) is 0 Å². The minimum absolute atomic E-state index is 0.0242. The summed E-state index contributed by atoms with van der Waals surface area (Å²) < 4.78 is 13.8. The van der Waals surface area contributed by atoms with Gasteiger partial charge in [0.25, 0.3) is 0 Å². The normalized spacial score (nSPS) is 26.3. The smallest absolute Gasteiger partial charge is 0.248 e. The lowest BCUT2D eigenvalue weighted by molar-refractivity contribution is -0.138. The maximum atomic E-state index is 13.8. The van der Waals surface area contributed by atoms with Gasteiger partial charge in [-0.1, -0.05) is 37.6 Å². The van der Waals surface area contributed by atoms with E-state index in [1.807, 2.05) is 13.8 Å². The van der Waals surface area contributed by atoms with Crippen molar-refractivity contribution in [2.24, 2.45) is 17.3 Å². The number of nitrogens with one attached hydrogen (secondary N) is 1. The molecule has 1 heterocycles. The van der Waals surface area contributed by atoms with E-state index in [-0.39, 0.29) is 34.8 Å². The molecule has 6 heteroatoms. The topological polar surface area (TPSA) is 49.4 Å². The standard InChI is InChI=1S/C20H25FN2O2S/c1-12(2)9-13-17(20(13,3)4)19(25)23-11-26-10-16(23)18(24)22-15-8-6-5-7-14(15)21/h5-9,13,16-17H,10-11H2,1-4H3,(H,22,24)/t13-,16+,17-/m1/s1. The third-order valence-electron chi connectivity index (χ3n) is 5.29. The highest BCUT2D eigenvalue weighted by molar-refractivity contribution is 7.99. The molecule has 1 aromatic rings. The van der Waals surface area contributed by atoms with Crippen LogP contribution >= 0.6 is 11.8 Å². The highest BCUT2D eigenvalue weighted by Crippen LogP contribution is 2.60. The number of nitrogens with zero attached hydrogens (tertiary/aromatic N) is 1. The average molecular weight is 376 g/mol. The SMILES string of the molecule is CC(C)=C[C@@H]1[C@H](C(=O)N2CSC[C@H]2C(=O)Nc2ccccc2F)C1(C)C. The van der Waals surface area contributed by atoms with Gasteiger partial charge in [-0.3, -0.25) is 9.59 Å². The Hall–Kier alpha value is -1.82. The quantitative estimate of drug-likeness (QED) is 0.811. The molecule has 1 saturated heterocycles. The molecule has 0 bridgehead atoms. The van der Waals surface area contributed by atoms with Crippen molar-refractivity contribution in [2.75, 3.05) is 16.9 Å². The molecule has 1 aliphatic heterocycles. The van der Waals surface area contributed by atoms with Crippen LogP contribution in [0.3, 0.4) is 0 Å². The molecule has 0 radical (unpaired) electrons. The lowest BCUT2D eigenvalue weighted by Crippen LogP contribution is -2.45. The van der Waals surface area contributed by atoms with Crippen molar-refractivity contribution in [1.29, 1.82) is 0 Å². The summed E-state index contributed by atoms with van der Waals surface area (Å²) in [5, 5.41) is 2.63. The third kappa shape index (κ3) is 3.52. The van der Waals surface area contributed by atoms with Crippen LogP contribution in [0.1, 0.15) is 27.7 Å². The zero-order valence-corrected chi connectivity index (χ0v) is 16.4. The van der Waals surface area contributed by atoms with E-state index in [2.05, 4.69) is 25.2 Å². The average Bonchev–Trinajstić information content (AvgIpc) is 2.93. The second-order valence-corrected chi connectivity index (χ2v) is 8.86. The highest BCUT2D eigenvalue weighted by atomic mass is 32.2. The number of benzene rings is 1. The Morgan fingerprint density at radius 2 is 2.00 bits per heavy atom. The van der Waals surface area contributed by atoms with Crippen molar-refractivity contribution in [3.8, 4) is 0 Å². The first-order chi connectivity index (χ1) is 12.2. The molecule has 1 aromatic carbocycles. The van der Waals surface area contributed by atoms with E-state index in [1.165, 1.54) is 17.7 Å². The van der Waals surface area contributed by atoms with Crippen molar-refractivity contribution >= 4 is 29.3 Å². The van der Waals surface area contributed by atoms with E-state index in [0.29, 0.717) is 11.6 Å². The monoisotopic (exact) mass is 376 g/mol. The minimum Gasteiger partial charge on any atom is -0.322 e. The molecule has 1 N–H and O–H groups in total. The Balaban J connectivity index is 1.72. The summed E-state index contributed by atoms with van der Waals surface area (Å²) in [5.74, 6) is 0.369. The number of amides is 2. The molecule has 4 nitrogen and oxygen atoms in total. The van der Waals surface area contributed by atoms with E-state index in [1.54, 1.807) is 28.8 Å². The van der Waals surface area contributed by atoms with Gasteiger partial charge in [-0.25, -0.2) is 4.39 Å². The maximum Gasteiger partial charge on any atom is 0.248 e. The van der Waals surface area contributed by atoms with Crippen LogP contribution in [0.5, 0.6) is 0 Å². The summed E-state index contributed by atoms with van der Waals surface area (Å²) in [4.78, 5) is 27.4. The molecular formula is C20H25FN2O2S. The molecule has 3 atom stereocenters. The van der Waals surface area contributed by atoms with E-state index in [0.717, 1.165) is 0 Å². The minimum atomic E-state index is -0.559. The van der Waals surface area contributed by atoms with Gasteiger partial charge in [-0.2, -0.15) is 0 Å². The van der Waals surface area contributed by atoms with Crippen LogP contribution in [0.4, 0.5) is 10.1 Å². The fourth-order valence-electron chi connectivity index (χ4n) is 3.65. The molecule has 1 aliphatic carbocycles. The van der Waals surface area contributed by atoms with Crippen molar-refractivity contribution in [2.45, 2.75) is 33.7 Å². The number of allylic oxidation sites excluding steroid dienone is 2. The Kier molecular flexibility index (Phi) is 5.15. The van der Waals surface area contributed by atoms with Crippen molar-refractivity contribution in [1.82, 2.24) is 4.90 Å². The van der Waals surface area contributed by atoms with E-state index in [9.17, 15) is 14.0 Å². The molecule has 1 saturated carbocycles. The first kappa shape index (κ1) is 19.0. The third-order valence-corrected chi connectivity index (χ3v) is 6.30. The van der Waals surface area contributed by atoms with E-state index < -0.39 is 11.9 Å². The zero-order chi connectivity index (χ0) is 19.1. The largest absolute Gasteiger partial charge is 0.322 e. The van der Waals surface area contributed by atoms with Gasteiger partial charge in [0, 0.05) is 5.75 Å². The van der Waals surface area contributed by atoms with Gasteiger partial charge >= 0.3 is 0 Å². The number of carbonyl (C=O) groups excluding carboxylic acids is 2. The molecular weight excluding hydrogens is 351 g/mol. The fourth-order valence-corrected chi connectivity index (χ4v) is 4.82. The molecule has 26 heavy (non-hydrogen) atoms. The molecule has 3 rings (SSSR count). The maximum absolute atomic E-state index is 13.8. The predicted octanol–water partition coefficient (Wildman–Crippen LogP) is 3.90. The highest BCUT2D eigenvalue weighted by Gasteiger charge is 2.62. The van der Waals surface area contributed by atoms with Gasteiger partial charge in [0.15, 0.2) is 0 Å². The predicted molar refractivity (Wildman–Crippen MR) is 103 cm³/mol. The summed E-state index contributed by atoms with van der Waals surface area (Å²) in [6.45, 7) is 8.26. The van der Waals surface area contributed by atoms with Gasteiger partial charge < -0.3 is 10.2 Å². The number of rotatable bonds is 4. The summed E-state index contributed by atoms with van der Waals surface area (Å²) in [6, 6.07) is 5.51. The second-order valence-electron chi connectivity index (χ2n) is 7.86. The summed E-state index contributed by atoms with van der Waals surface area (Å²) in [5.41, 5.74) is 1.26. The number of thioether (sulfide) groups is 1. The molecule has 0 spiro atoms. The second kappa shape index (κ2) is 7.06. The molecule has 140 valence electrons. The fraction of sp³-hybridized carbons (Fsp3) is 0.500. The summed E-state index contributed by atoms with van der Waals surface area (Å²) in [6.07, 6.45) is 2.15. The van der Waals surface area contributed by atoms with E-state index >= 15 is 0 Å². The van der Waals surface area contributed by atoms with E-state index in [4.69, 9.17) is 0 Å². The van der Waals surface area contributed by atoms with Crippen LogP contribution in [0.2, 0.25) is 0 Å². The summed E-state index contributed by atoms with van der Waals surface area (Å²) in [7, 11) is 0. The molecule has 0 unspecified atom stereocenters. The number of para-hydroxylation sites is 1. The van der Waals surface area contributed by atoms with Crippen LogP contribution < -0.4 is 5.32 Å². The molecule has 2 aliphatic rings. The van der Waals surface area contributed by atoms with Gasteiger partial charge in [-0.15, -0.1) is 11.8 Å². The van der Waals surface area contributed by atoms with Gasteiger partial charge in [-0.05, 0) is 37.3 Å². The number of halogens is 1. The van der Waals surface area contributed by atoms with Gasteiger partial charge in [0.1, 0.15) is 11.9 Å².